The lowest BCUT2D eigenvalue weighted by Gasteiger charge is -2.23. The summed E-state index contributed by atoms with van der Waals surface area (Å²) < 4.78 is 0. The summed E-state index contributed by atoms with van der Waals surface area (Å²) in [7, 11) is 1.84. The molecule has 1 amide bonds. The van der Waals surface area contributed by atoms with Crippen molar-refractivity contribution in [1.29, 1.82) is 0 Å². The first-order chi connectivity index (χ1) is 10.9. The van der Waals surface area contributed by atoms with E-state index in [0.717, 1.165) is 26.9 Å². The molecule has 0 aliphatic carbocycles. The number of amides is 1. The third-order valence-electron chi connectivity index (χ3n) is 4.60. The SMILES string of the molecule is Cc1ccc(C)c2c(C)c(C(=O)N(C)C(C)c3cncs3)[nH]c12. The fourth-order valence-electron chi connectivity index (χ4n) is 2.99. The van der Waals surface area contributed by atoms with Gasteiger partial charge < -0.3 is 9.88 Å². The second-order valence-corrected chi connectivity index (χ2v) is 6.99. The zero-order valence-corrected chi connectivity index (χ0v) is 14.9. The fourth-order valence-corrected chi connectivity index (χ4v) is 3.71. The lowest BCUT2D eigenvalue weighted by atomic mass is 10.0. The maximum atomic E-state index is 13.0. The van der Waals surface area contributed by atoms with Crippen molar-refractivity contribution in [2.75, 3.05) is 7.05 Å². The predicted molar refractivity (Wildman–Crippen MR) is 95.1 cm³/mol. The maximum absolute atomic E-state index is 13.0. The van der Waals surface area contributed by atoms with Gasteiger partial charge in [-0.3, -0.25) is 9.78 Å². The van der Waals surface area contributed by atoms with E-state index in [9.17, 15) is 4.79 Å². The van der Waals surface area contributed by atoms with Crippen LogP contribution in [0.5, 0.6) is 0 Å². The van der Waals surface area contributed by atoms with Gasteiger partial charge in [-0.15, -0.1) is 11.3 Å². The van der Waals surface area contributed by atoms with Crippen LogP contribution in [0, 0.1) is 20.8 Å². The Morgan fingerprint density at radius 1 is 1.26 bits per heavy atom. The molecule has 5 heteroatoms. The zero-order chi connectivity index (χ0) is 16.7. The molecule has 1 atom stereocenters. The van der Waals surface area contributed by atoms with Gasteiger partial charge in [-0.2, -0.15) is 0 Å². The minimum Gasteiger partial charge on any atom is -0.350 e. The normalized spacial score (nSPS) is 12.6. The van der Waals surface area contributed by atoms with Gasteiger partial charge in [-0.25, -0.2) is 0 Å². The largest absolute Gasteiger partial charge is 0.350 e. The Labute approximate surface area is 140 Å². The number of aryl methyl sites for hydroxylation is 3. The molecule has 0 fully saturated rings. The van der Waals surface area contributed by atoms with E-state index in [0.29, 0.717) is 5.69 Å². The van der Waals surface area contributed by atoms with Gasteiger partial charge in [0.1, 0.15) is 5.69 Å². The van der Waals surface area contributed by atoms with Crippen LogP contribution in [0.2, 0.25) is 0 Å². The number of benzene rings is 1. The van der Waals surface area contributed by atoms with E-state index >= 15 is 0 Å². The summed E-state index contributed by atoms with van der Waals surface area (Å²) in [6, 6.07) is 4.20. The summed E-state index contributed by atoms with van der Waals surface area (Å²) in [6.45, 7) is 8.19. The molecule has 2 heterocycles. The van der Waals surface area contributed by atoms with E-state index in [2.05, 4.69) is 35.9 Å². The molecule has 3 rings (SSSR count). The van der Waals surface area contributed by atoms with Crippen molar-refractivity contribution in [3.05, 3.63) is 51.1 Å². The highest BCUT2D eigenvalue weighted by atomic mass is 32.1. The van der Waals surface area contributed by atoms with E-state index in [-0.39, 0.29) is 11.9 Å². The van der Waals surface area contributed by atoms with Gasteiger partial charge >= 0.3 is 0 Å². The molecular weight excluding hydrogens is 306 g/mol. The molecule has 1 N–H and O–H groups in total. The van der Waals surface area contributed by atoms with Crippen LogP contribution in [0.1, 0.15) is 45.0 Å². The molecule has 0 aliphatic rings. The smallest absolute Gasteiger partial charge is 0.270 e. The Bertz CT molecular complexity index is 864. The summed E-state index contributed by atoms with van der Waals surface area (Å²) in [6.07, 6.45) is 1.82. The first kappa shape index (κ1) is 15.7. The summed E-state index contributed by atoms with van der Waals surface area (Å²) >= 11 is 1.57. The highest BCUT2D eigenvalue weighted by Crippen LogP contribution is 2.30. The Morgan fingerprint density at radius 3 is 2.57 bits per heavy atom. The average molecular weight is 327 g/mol. The van der Waals surface area contributed by atoms with Gasteiger partial charge in [0.05, 0.1) is 11.6 Å². The number of rotatable bonds is 3. The minimum absolute atomic E-state index is 0.00278. The fraction of sp³-hybridized carbons (Fsp3) is 0.333. The van der Waals surface area contributed by atoms with Crippen LogP contribution in [-0.4, -0.2) is 27.8 Å². The van der Waals surface area contributed by atoms with E-state index in [1.54, 1.807) is 21.7 Å². The van der Waals surface area contributed by atoms with E-state index in [1.165, 1.54) is 5.56 Å². The molecule has 0 spiro atoms. The van der Waals surface area contributed by atoms with Crippen molar-refractivity contribution in [2.24, 2.45) is 0 Å². The van der Waals surface area contributed by atoms with Gasteiger partial charge in [0.15, 0.2) is 0 Å². The molecule has 0 aliphatic heterocycles. The molecule has 1 aromatic carbocycles. The lowest BCUT2D eigenvalue weighted by molar-refractivity contribution is 0.0739. The number of nitrogens with one attached hydrogen (secondary N) is 1. The van der Waals surface area contributed by atoms with Gasteiger partial charge in [0.2, 0.25) is 0 Å². The van der Waals surface area contributed by atoms with Gasteiger partial charge in [0, 0.05) is 29.0 Å². The molecule has 1 unspecified atom stereocenters. The molecule has 120 valence electrons. The van der Waals surface area contributed by atoms with Crippen LogP contribution in [0.4, 0.5) is 0 Å². The molecule has 2 aromatic heterocycles. The molecule has 23 heavy (non-hydrogen) atoms. The second-order valence-electron chi connectivity index (χ2n) is 6.07. The third kappa shape index (κ3) is 2.55. The minimum atomic E-state index is 0.00278. The van der Waals surface area contributed by atoms with Gasteiger partial charge in [-0.05, 0) is 44.4 Å². The molecule has 4 nitrogen and oxygen atoms in total. The zero-order valence-electron chi connectivity index (χ0n) is 14.1. The average Bonchev–Trinajstić information content (AvgIpc) is 3.17. The number of hydrogen-bond acceptors (Lipinski definition) is 3. The number of carbonyl (C=O) groups excluding carboxylic acids is 1. The number of aromatic amines is 1. The second kappa shape index (κ2) is 5.81. The van der Waals surface area contributed by atoms with Crippen molar-refractivity contribution in [1.82, 2.24) is 14.9 Å². The first-order valence-electron chi connectivity index (χ1n) is 7.65. The third-order valence-corrected chi connectivity index (χ3v) is 5.55. The monoisotopic (exact) mass is 327 g/mol. The standard InChI is InChI=1S/C18H21N3OS/c1-10-6-7-11(2)16-15(10)12(3)17(20-16)18(22)21(5)13(4)14-8-19-9-23-14/h6-9,13,20H,1-5H3. The maximum Gasteiger partial charge on any atom is 0.270 e. The van der Waals surface area contributed by atoms with Crippen LogP contribution >= 0.6 is 11.3 Å². The van der Waals surface area contributed by atoms with Crippen LogP contribution < -0.4 is 0 Å². The topological polar surface area (TPSA) is 49.0 Å². The highest BCUT2D eigenvalue weighted by molar-refractivity contribution is 7.09. The Morgan fingerprint density at radius 2 is 1.96 bits per heavy atom. The Hall–Kier alpha value is -2.14. The number of aromatic nitrogens is 2. The van der Waals surface area contributed by atoms with Gasteiger partial charge in [-0.1, -0.05) is 12.1 Å². The summed E-state index contributed by atoms with van der Waals surface area (Å²) in [5.41, 5.74) is 6.91. The number of hydrogen-bond donors (Lipinski definition) is 1. The van der Waals surface area contributed by atoms with Crippen LogP contribution in [0.3, 0.4) is 0 Å². The quantitative estimate of drug-likeness (QED) is 0.776. The summed E-state index contributed by atoms with van der Waals surface area (Å²) in [5, 5.41) is 1.16. The number of thiazole rings is 1. The van der Waals surface area contributed by atoms with Crippen molar-refractivity contribution in [3.8, 4) is 0 Å². The van der Waals surface area contributed by atoms with Crippen LogP contribution in [0.25, 0.3) is 10.9 Å². The summed E-state index contributed by atoms with van der Waals surface area (Å²) in [5.74, 6) is 0.0124. The molecule has 3 aromatic rings. The van der Waals surface area contributed by atoms with Crippen molar-refractivity contribution >= 4 is 28.1 Å². The van der Waals surface area contributed by atoms with E-state index < -0.39 is 0 Å². The summed E-state index contributed by atoms with van der Waals surface area (Å²) in [4.78, 5) is 23.3. The number of H-pyrrole nitrogens is 1. The van der Waals surface area contributed by atoms with Crippen molar-refractivity contribution < 1.29 is 4.79 Å². The molecule has 0 bridgehead atoms. The first-order valence-corrected chi connectivity index (χ1v) is 8.53. The molecule has 0 saturated carbocycles. The Kier molecular flexibility index (Phi) is 3.98. The number of fused-ring (bicyclic) bond motifs is 1. The van der Waals surface area contributed by atoms with Crippen LogP contribution in [0.15, 0.2) is 23.8 Å². The number of carbonyl (C=O) groups is 1. The number of nitrogens with zero attached hydrogens (tertiary/aromatic N) is 2. The predicted octanol–water partition coefficient (Wildman–Crippen LogP) is 4.38. The molecule has 0 saturated heterocycles. The van der Waals surface area contributed by atoms with Crippen molar-refractivity contribution in [2.45, 2.75) is 33.7 Å². The van der Waals surface area contributed by atoms with Crippen molar-refractivity contribution in [3.63, 3.8) is 0 Å². The molecule has 0 radical (unpaired) electrons. The lowest BCUT2D eigenvalue weighted by Crippen LogP contribution is -2.30. The van der Waals surface area contributed by atoms with E-state index in [4.69, 9.17) is 0 Å². The van der Waals surface area contributed by atoms with Crippen LogP contribution in [-0.2, 0) is 0 Å². The highest BCUT2D eigenvalue weighted by Gasteiger charge is 2.24. The van der Waals surface area contributed by atoms with Gasteiger partial charge in [0.25, 0.3) is 5.91 Å². The van der Waals surface area contributed by atoms with E-state index in [1.807, 2.05) is 27.1 Å². The Balaban J connectivity index is 2.03. The molecular formula is C18H21N3OS.